The zero-order valence-corrected chi connectivity index (χ0v) is 16.8. The Hall–Kier alpha value is -3.78. The normalized spacial score (nSPS) is 10.9. The van der Waals surface area contributed by atoms with E-state index in [9.17, 15) is 18.8 Å². The van der Waals surface area contributed by atoms with E-state index < -0.39 is 29.5 Å². The molecule has 0 saturated carbocycles. The zero-order valence-electron chi connectivity index (χ0n) is 16.1. The Kier molecular flexibility index (Phi) is 5.64. The van der Waals surface area contributed by atoms with Gasteiger partial charge in [-0.3, -0.25) is 18.7 Å². The number of aromatic nitrogens is 3. The van der Waals surface area contributed by atoms with Gasteiger partial charge in [-0.2, -0.15) is 0 Å². The van der Waals surface area contributed by atoms with Crippen LogP contribution in [0.4, 0.5) is 10.1 Å². The summed E-state index contributed by atoms with van der Waals surface area (Å²) in [5.41, 5.74) is -0.299. The van der Waals surface area contributed by atoms with Crippen LogP contribution in [0, 0.1) is 5.82 Å². The molecule has 0 saturated heterocycles. The summed E-state index contributed by atoms with van der Waals surface area (Å²) >= 11 is 5.90. The first-order chi connectivity index (χ1) is 14.9. The first-order valence-corrected chi connectivity index (χ1v) is 9.69. The van der Waals surface area contributed by atoms with E-state index in [-0.39, 0.29) is 23.3 Å². The van der Waals surface area contributed by atoms with Gasteiger partial charge >= 0.3 is 5.69 Å². The summed E-state index contributed by atoms with van der Waals surface area (Å²) in [5, 5.41) is 2.97. The number of hydrogen-bond donors (Lipinski definition) is 1. The molecule has 2 aromatic carbocycles. The number of pyridine rings is 1. The fourth-order valence-electron chi connectivity index (χ4n) is 3.20. The lowest BCUT2D eigenvalue weighted by Gasteiger charge is -2.14. The van der Waals surface area contributed by atoms with Crippen LogP contribution in [0.15, 0.2) is 76.4 Å². The lowest BCUT2D eigenvalue weighted by Crippen LogP contribution is -2.42. The number of anilines is 1. The van der Waals surface area contributed by atoms with Crippen LogP contribution < -0.4 is 16.6 Å². The van der Waals surface area contributed by atoms with Gasteiger partial charge in [-0.15, -0.1) is 0 Å². The number of benzene rings is 2. The van der Waals surface area contributed by atoms with Crippen molar-refractivity contribution in [3.05, 3.63) is 104 Å². The van der Waals surface area contributed by atoms with Crippen molar-refractivity contribution in [1.82, 2.24) is 14.1 Å². The van der Waals surface area contributed by atoms with Crippen molar-refractivity contribution in [3.63, 3.8) is 0 Å². The van der Waals surface area contributed by atoms with Gasteiger partial charge in [0, 0.05) is 11.2 Å². The molecule has 2 heterocycles. The molecule has 156 valence electrons. The summed E-state index contributed by atoms with van der Waals surface area (Å²) in [6.45, 7) is -0.438. The number of fused-ring (bicyclic) bond motifs is 1. The number of para-hydroxylation sites is 1. The molecule has 1 N–H and O–H groups in total. The Bertz CT molecular complexity index is 1400. The predicted octanol–water partition coefficient (Wildman–Crippen LogP) is 3.04. The van der Waals surface area contributed by atoms with E-state index in [0.717, 1.165) is 9.13 Å². The van der Waals surface area contributed by atoms with Crippen LogP contribution in [0.1, 0.15) is 5.56 Å². The minimum Gasteiger partial charge on any atom is -0.322 e. The molecule has 1 amide bonds. The minimum atomic E-state index is -0.677. The number of carbonyl (C=O) groups excluding carboxylic acids is 1. The first kappa shape index (κ1) is 20.5. The molecule has 9 heteroatoms. The highest BCUT2D eigenvalue weighted by Gasteiger charge is 2.17. The molecule has 2 aromatic heterocycles. The molecular weight excluding hydrogens is 423 g/mol. The Morgan fingerprint density at radius 1 is 1.00 bits per heavy atom. The van der Waals surface area contributed by atoms with Crippen LogP contribution in [-0.2, 0) is 17.9 Å². The topological polar surface area (TPSA) is 86.0 Å². The zero-order chi connectivity index (χ0) is 22.0. The molecule has 4 aromatic rings. The van der Waals surface area contributed by atoms with Gasteiger partial charge in [-0.05, 0) is 42.0 Å². The van der Waals surface area contributed by atoms with Gasteiger partial charge < -0.3 is 5.32 Å². The van der Waals surface area contributed by atoms with E-state index in [1.165, 1.54) is 30.5 Å². The third kappa shape index (κ3) is 4.24. The second kappa shape index (κ2) is 8.53. The van der Waals surface area contributed by atoms with Crippen molar-refractivity contribution in [2.75, 3.05) is 5.32 Å². The molecule has 0 aliphatic heterocycles. The number of nitrogens with zero attached hydrogens (tertiary/aromatic N) is 3. The van der Waals surface area contributed by atoms with E-state index in [0.29, 0.717) is 10.6 Å². The molecule has 0 bridgehead atoms. The Morgan fingerprint density at radius 2 is 1.74 bits per heavy atom. The molecule has 0 aliphatic rings. The molecule has 0 spiro atoms. The van der Waals surface area contributed by atoms with Crippen LogP contribution in [0.5, 0.6) is 0 Å². The molecule has 7 nitrogen and oxygen atoms in total. The summed E-state index contributed by atoms with van der Waals surface area (Å²) in [6.07, 6.45) is 1.44. The maximum absolute atomic E-state index is 13.9. The van der Waals surface area contributed by atoms with Gasteiger partial charge in [0.15, 0.2) is 5.52 Å². The first-order valence-electron chi connectivity index (χ1n) is 9.31. The smallest absolute Gasteiger partial charge is 0.322 e. The van der Waals surface area contributed by atoms with Crippen LogP contribution >= 0.6 is 11.6 Å². The lowest BCUT2D eigenvalue weighted by molar-refractivity contribution is -0.116. The van der Waals surface area contributed by atoms with Gasteiger partial charge in [0.1, 0.15) is 12.4 Å². The SMILES string of the molecule is O=C(Cn1c(=O)n(Cc2ccc(Cl)cc2)c(=O)c2ncccc21)Nc1ccccc1F. The summed E-state index contributed by atoms with van der Waals surface area (Å²) in [7, 11) is 0. The third-order valence-electron chi connectivity index (χ3n) is 4.69. The summed E-state index contributed by atoms with van der Waals surface area (Å²) < 4.78 is 16.0. The van der Waals surface area contributed by atoms with Crippen molar-refractivity contribution >= 4 is 34.2 Å². The lowest BCUT2D eigenvalue weighted by atomic mass is 10.2. The van der Waals surface area contributed by atoms with Gasteiger partial charge in [-0.1, -0.05) is 35.9 Å². The fraction of sp³-hybridized carbons (Fsp3) is 0.0909. The quantitative estimate of drug-likeness (QED) is 0.519. The van der Waals surface area contributed by atoms with Crippen LogP contribution in [-0.4, -0.2) is 20.0 Å². The third-order valence-corrected chi connectivity index (χ3v) is 4.94. The van der Waals surface area contributed by atoms with Gasteiger partial charge in [0.05, 0.1) is 17.7 Å². The van der Waals surface area contributed by atoms with Crippen molar-refractivity contribution in [3.8, 4) is 0 Å². The minimum absolute atomic E-state index is 0.00235. The van der Waals surface area contributed by atoms with E-state index in [2.05, 4.69) is 10.3 Å². The van der Waals surface area contributed by atoms with Crippen LogP contribution in [0.2, 0.25) is 5.02 Å². The van der Waals surface area contributed by atoms with Gasteiger partial charge in [-0.25, -0.2) is 14.2 Å². The number of halogens is 2. The Morgan fingerprint density at radius 3 is 2.48 bits per heavy atom. The Labute approximate surface area is 180 Å². The van der Waals surface area contributed by atoms with Crippen molar-refractivity contribution in [2.24, 2.45) is 0 Å². The van der Waals surface area contributed by atoms with Crippen LogP contribution in [0.3, 0.4) is 0 Å². The maximum atomic E-state index is 13.9. The highest BCUT2D eigenvalue weighted by Crippen LogP contribution is 2.13. The standard InChI is InChI=1S/C22H16ClFN4O3/c23-15-9-7-14(8-10-15)12-28-21(30)20-18(6-3-11-25-20)27(22(28)31)13-19(29)26-17-5-2-1-4-16(17)24/h1-11H,12-13H2,(H,26,29). The average molecular weight is 439 g/mol. The van der Waals surface area contributed by atoms with E-state index in [1.54, 1.807) is 36.4 Å². The monoisotopic (exact) mass is 438 g/mol. The van der Waals surface area contributed by atoms with E-state index in [4.69, 9.17) is 11.6 Å². The summed E-state index contributed by atoms with van der Waals surface area (Å²) in [5.74, 6) is -1.21. The second-order valence-corrected chi connectivity index (χ2v) is 7.22. The maximum Gasteiger partial charge on any atom is 0.332 e. The van der Waals surface area contributed by atoms with Gasteiger partial charge in [0.2, 0.25) is 5.91 Å². The molecular formula is C22H16ClFN4O3. The molecule has 0 aliphatic carbocycles. The predicted molar refractivity (Wildman–Crippen MR) is 116 cm³/mol. The molecule has 0 fully saturated rings. The fourth-order valence-corrected chi connectivity index (χ4v) is 3.33. The Balaban J connectivity index is 1.76. The largest absolute Gasteiger partial charge is 0.332 e. The molecule has 0 radical (unpaired) electrons. The molecule has 0 unspecified atom stereocenters. The van der Waals surface area contributed by atoms with Crippen molar-refractivity contribution in [1.29, 1.82) is 0 Å². The number of nitrogens with one attached hydrogen (secondary N) is 1. The average Bonchev–Trinajstić information content (AvgIpc) is 2.77. The summed E-state index contributed by atoms with van der Waals surface area (Å²) in [4.78, 5) is 42.7. The number of amides is 1. The highest BCUT2D eigenvalue weighted by molar-refractivity contribution is 6.30. The van der Waals surface area contributed by atoms with Crippen LogP contribution in [0.25, 0.3) is 11.0 Å². The highest BCUT2D eigenvalue weighted by atomic mass is 35.5. The number of hydrogen-bond acceptors (Lipinski definition) is 4. The summed E-state index contributed by atoms with van der Waals surface area (Å²) in [6, 6.07) is 15.5. The second-order valence-electron chi connectivity index (χ2n) is 6.79. The molecule has 31 heavy (non-hydrogen) atoms. The van der Waals surface area contributed by atoms with Crippen molar-refractivity contribution in [2.45, 2.75) is 13.1 Å². The molecule has 0 atom stereocenters. The number of carbonyl (C=O) groups is 1. The van der Waals surface area contributed by atoms with E-state index >= 15 is 0 Å². The van der Waals surface area contributed by atoms with Crippen molar-refractivity contribution < 1.29 is 9.18 Å². The van der Waals surface area contributed by atoms with Gasteiger partial charge in [0.25, 0.3) is 5.56 Å². The van der Waals surface area contributed by atoms with E-state index in [1.807, 2.05) is 0 Å². The number of rotatable bonds is 5. The molecule has 4 rings (SSSR count).